The molecular formula is C20H19FN4O3. The quantitative estimate of drug-likeness (QED) is 0.435. The summed E-state index contributed by atoms with van der Waals surface area (Å²) in [6.45, 7) is 0. The molecule has 1 aromatic carbocycles. The molecule has 0 spiro atoms. The number of halogens is 1. The Morgan fingerprint density at radius 1 is 1.25 bits per heavy atom. The normalized spacial score (nSPS) is 11.9. The number of rotatable bonds is 9. The van der Waals surface area contributed by atoms with Crippen molar-refractivity contribution < 1.29 is 18.0 Å². The summed E-state index contributed by atoms with van der Waals surface area (Å²) in [6.07, 6.45) is 6.00. The Labute approximate surface area is 161 Å². The molecule has 3 aromatic rings. The molecular weight excluding hydrogens is 363 g/mol. The zero-order valence-corrected chi connectivity index (χ0v) is 15.1. The van der Waals surface area contributed by atoms with Gasteiger partial charge in [-0.2, -0.15) is 10.2 Å². The van der Waals surface area contributed by atoms with E-state index in [1.807, 2.05) is 6.07 Å². The minimum atomic E-state index is -0.487. The van der Waals surface area contributed by atoms with Crippen molar-refractivity contribution in [3.8, 4) is 17.5 Å². The minimum Gasteiger partial charge on any atom is -0.442 e. The van der Waals surface area contributed by atoms with Gasteiger partial charge in [-0.1, -0.05) is 12.8 Å². The number of Topliss-reactive ketones (excluding diaryl/α,β-unsaturated/α-hetero) is 1. The first-order chi connectivity index (χ1) is 13.6. The van der Waals surface area contributed by atoms with Crippen LogP contribution in [0.1, 0.15) is 60.3 Å². The summed E-state index contributed by atoms with van der Waals surface area (Å²) in [7, 11) is 0. The molecule has 0 saturated heterocycles. The van der Waals surface area contributed by atoms with Gasteiger partial charge in [0.15, 0.2) is 11.5 Å². The molecule has 8 heteroatoms. The van der Waals surface area contributed by atoms with Crippen molar-refractivity contribution in [3.05, 3.63) is 59.9 Å². The van der Waals surface area contributed by atoms with Crippen molar-refractivity contribution in [1.29, 1.82) is 5.26 Å². The average Bonchev–Trinajstić information content (AvgIpc) is 3.38. The van der Waals surface area contributed by atoms with Crippen molar-refractivity contribution >= 4 is 5.78 Å². The van der Waals surface area contributed by atoms with Gasteiger partial charge in [0.05, 0.1) is 12.2 Å². The van der Waals surface area contributed by atoms with Gasteiger partial charge in [0.1, 0.15) is 18.1 Å². The van der Waals surface area contributed by atoms with Gasteiger partial charge >= 0.3 is 0 Å². The highest BCUT2D eigenvalue weighted by atomic mass is 19.1. The summed E-state index contributed by atoms with van der Waals surface area (Å²) in [5.74, 6) is 0.191. The lowest BCUT2D eigenvalue weighted by atomic mass is 10.0. The molecule has 28 heavy (non-hydrogen) atoms. The molecule has 0 aliphatic rings. The largest absolute Gasteiger partial charge is 0.442 e. The third kappa shape index (κ3) is 4.69. The molecule has 0 saturated carbocycles. The van der Waals surface area contributed by atoms with E-state index in [0.717, 1.165) is 12.8 Å². The lowest BCUT2D eigenvalue weighted by molar-refractivity contribution is 0.0945. The van der Waals surface area contributed by atoms with Crippen LogP contribution in [-0.4, -0.2) is 15.8 Å². The number of nitrogens with two attached hydrogens (primary N) is 1. The van der Waals surface area contributed by atoms with Gasteiger partial charge in [-0.15, -0.1) is 0 Å². The van der Waals surface area contributed by atoms with Crippen LogP contribution in [0.5, 0.6) is 0 Å². The van der Waals surface area contributed by atoms with Gasteiger partial charge < -0.3 is 14.6 Å². The van der Waals surface area contributed by atoms with E-state index < -0.39 is 6.04 Å². The summed E-state index contributed by atoms with van der Waals surface area (Å²) in [6, 6.07) is 7.16. The van der Waals surface area contributed by atoms with E-state index in [2.05, 4.69) is 9.97 Å². The second kappa shape index (κ2) is 9.06. The number of ketones is 1. The molecule has 7 nitrogen and oxygen atoms in total. The second-order valence-electron chi connectivity index (χ2n) is 6.32. The maximum absolute atomic E-state index is 13.1. The lowest BCUT2D eigenvalue weighted by Crippen LogP contribution is -2.10. The first-order valence-corrected chi connectivity index (χ1v) is 8.93. The summed E-state index contributed by atoms with van der Waals surface area (Å²) in [5.41, 5.74) is 6.87. The molecule has 144 valence electrons. The third-order valence-electron chi connectivity index (χ3n) is 4.28. The topological polar surface area (TPSA) is 119 Å². The zero-order valence-electron chi connectivity index (χ0n) is 15.1. The van der Waals surface area contributed by atoms with Crippen LogP contribution in [0.3, 0.4) is 0 Å². The van der Waals surface area contributed by atoms with Gasteiger partial charge in [0.2, 0.25) is 11.7 Å². The van der Waals surface area contributed by atoms with E-state index in [9.17, 15) is 14.4 Å². The van der Waals surface area contributed by atoms with Crippen LogP contribution in [-0.2, 0) is 0 Å². The molecule has 1 atom stereocenters. The van der Waals surface area contributed by atoms with Crippen molar-refractivity contribution in [2.45, 2.75) is 38.1 Å². The Bertz CT molecular complexity index is 959. The first kappa shape index (κ1) is 19.5. The van der Waals surface area contributed by atoms with Gasteiger partial charge in [-0.25, -0.2) is 9.37 Å². The SMILES string of the molecule is N#Cc1nc(-c2ccc(F)cc2)oc1[C@@H](N)CCCCCC(=O)c1ncco1. The molecule has 0 fully saturated rings. The first-order valence-electron chi connectivity index (χ1n) is 8.93. The van der Waals surface area contributed by atoms with E-state index >= 15 is 0 Å². The van der Waals surface area contributed by atoms with Crippen LogP contribution in [0.4, 0.5) is 4.39 Å². The molecule has 0 unspecified atom stereocenters. The lowest BCUT2D eigenvalue weighted by Gasteiger charge is -2.08. The number of unbranched alkanes of at least 4 members (excludes halogenated alkanes) is 2. The highest BCUT2D eigenvalue weighted by Crippen LogP contribution is 2.27. The fraction of sp³-hybridized carbons (Fsp3) is 0.300. The number of hydrogen-bond acceptors (Lipinski definition) is 7. The maximum Gasteiger partial charge on any atom is 0.263 e. The monoisotopic (exact) mass is 382 g/mol. The Kier molecular flexibility index (Phi) is 6.29. The van der Waals surface area contributed by atoms with E-state index in [4.69, 9.17) is 14.6 Å². The predicted molar refractivity (Wildman–Crippen MR) is 97.5 cm³/mol. The smallest absolute Gasteiger partial charge is 0.263 e. The van der Waals surface area contributed by atoms with E-state index in [-0.39, 0.29) is 29.1 Å². The zero-order chi connectivity index (χ0) is 19.9. The fourth-order valence-corrected chi connectivity index (χ4v) is 2.81. The Hall–Kier alpha value is -3.31. The average molecular weight is 382 g/mol. The fourth-order valence-electron chi connectivity index (χ4n) is 2.81. The third-order valence-corrected chi connectivity index (χ3v) is 4.28. The molecule has 0 aliphatic carbocycles. The van der Waals surface area contributed by atoms with Crippen LogP contribution in [0, 0.1) is 17.1 Å². The number of carbonyl (C=O) groups is 1. The number of nitrogens with zero attached hydrogens (tertiary/aromatic N) is 3. The van der Waals surface area contributed by atoms with E-state index in [0.29, 0.717) is 30.6 Å². The number of oxazole rings is 2. The molecule has 2 heterocycles. The van der Waals surface area contributed by atoms with Crippen molar-refractivity contribution in [2.24, 2.45) is 5.73 Å². The highest BCUT2D eigenvalue weighted by molar-refractivity contribution is 5.91. The molecule has 0 radical (unpaired) electrons. The maximum atomic E-state index is 13.1. The van der Waals surface area contributed by atoms with Crippen molar-refractivity contribution in [1.82, 2.24) is 9.97 Å². The van der Waals surface area contributed by atoms with Gasteiger partial charge in [-0.3, -0.25) is 4.79 Å². The summed E-state index contributed by atoms with van der Waals surface area (Å²) in [4.78, 5) is 19.8. The van der Waals surface area contributed by atoms with Crippen LogP contribution in [0.2, 0.25) is 0 Å². The summed E-state index contributed by atoms with van der Waals surface area (Å²) in [5, 5.41) is 9.29. The Balaban J connectivity index is 1.52. The predicted octanol–water partition coefficient (Wildman–Crippen LogP) is 4.17. The molecule has 2 aromatic heterocycles. The van der Waals surface area contributed by atoms with E-state index in [1.165, 1.54) is 36.7 Å². The molecule has 3 rings (SSSR count). The summed E-state index contributed by atoms with van der Waals surface area (Å²) >= 11 is 0. The molecule has 2 N–H and O–H groups in total. The van der Waals surface area contributed by atoms with Crippen LogP contribution in [0.15, 0.2) is 45.6 Å². The number of hydrogen-bond donors (Lipinski definition) is 1. The van der Waals surface area contributed by atoms with Gasteiger partial charge in [-0.05, 0) is 37.1 Å². The highest BCUT2D eigenvalue weighted by Gasteiger charge is 2.20. The van der Waals surface area contributed by atoms with Crippen LogP contribution < -0.4 is 5.73 Å². The number of aromatic nitrogens is 2. The van der Waals surface area contributed by atoms with Crippen LogP contribution >= 0.6 is 0 Å². The van der Waals surface area contributed by atoms with Crippen LogP contribution in [0.25, 0.3) is 11.5 Å². The van der Waals surface area contributed by atoms with Crippen molar-refractivity contribution in [2.75, 3.05) is 0 Å². The van der Waals surface area contributed by atoms with Gasteiger partial charge in [0.25, 0.3) is 5.89 Å². The summed E-state index contributed by atoms with van der Waals surface area (Å²) < 4.78 is 23.7. The van der Waals surface area contributed by atoms with Gasteiger partial charge in [0, 0.05) is 12.0 Å². The Morgan fingerprint density at radius 2 is 2.04 bits per heavy atom. The number of benzene rings is 1. The molecule has 0 bridgehead atoms. The standard InChI is InChI=1S/C20H19FN4O3/c21-14-8-6-13(7-9-14)19-25-16(12-22)18(28-19)15(23)4-2-1-3-5-17(26)20-24-10-11-27-20/h6-11,15H,1-5,23H2/t15-/m0/s1. The van der Waals surface area contributed by atoms with E-state index in [1.54, 1.807) is 0 Å². The van der Waals surface area contributed by atoms with Crippen molar-refractivity contribution in [3.63, 3.8) is 0 Å². The second-order valence-corrected chi connectivity index (χ2v) is 6.32. The molecule has 0 amide bonds. The number of carbonyl (C=O) groups excluding carboxylic acids is 1. The molecule has 0 aliphatic heterocycles. The number of nitriles is 1. The Morgan fingerprint density at radius 3 is 2.71 bits per heavy atom. The minimum absolute atomic E-state index is 0.125.